The SMILES string of the molecule is COC(=O)c1ccc(N2CCC(C)C(N(C)c3ncnc4[nH]ccc34)C2)nc1. The second kappa shape index (κ2) is 7.46. The van der Waals surface area contributed by atoms with Gasteiger partial charge in [0, 0.05) is 32.5 Å². The minimum absolute atomic E-state index is 0.281. The zero-order valence-electron chi connectivity index (χ0n) is 16.3. The number of pyridine rings is 1. The van der Waals surface area contributed by atoms with Crippen molar-refractivity contribution in [1.29, 1.82) is 0 Å². The molecule has 0 saturated carbocycles. The molecule has 28 heavy (non-hydrogen) atoms. The van der Waals surface area contributed by atoms with Gasteiger partial charge in [0.05, 0.1) is 24.1 Å². The maximum Gasteiger partial charge on any atom is 0.339 e. The molecule has 0 bridgehead atoms. The van der Waals surface area contributed by atoms with Crippen LogP contribution in [-0.4, -0.2) is 59.2 Å². The molecular formula is C20H24N6O2. The van der Waals surface area contributed by atoms with Gasteiger partial charge in [0.25, 0.3) is 0 Å². The fraction of sp³-hybridized carbons (Fsp3) is 0.400. The van der Waals surface area contributed by atoms with Crippen molar-refractivity contribution >= 4 is 28.6 Å². The summed E-state index contributed by atoms with van der Waals surface area (Å²) in [5.41, 5.74) is 1.30. The second-order valence-electron chi connectivity index (χ2n) is 7.22. The Hall–Kier alpha value is -3.16. The molecule has 4 rings (SSSR count). The summed E-state index contributed by atoms with van der Waals surface area (Å²) in [4.78, 5) is 32.6. The first kappa shape index (κ1) is 18.2. The summed E-state index contributed by atoms with van der Waals surface area (Å²) in [5.74, 6) is 1.94. The Morgan fingerprint density at radius 2 is 2.14 bits per heavy atom. The number of piperidine rings is 1. The normalized spacial score (nSPS) is 19.6. The van der Waals surface area contributed by atoms with Crippen LogP contribution in [-0.2, 0) is 4.74 Å². The summed E-state index contributed by atoms with van der Waals surface area (Å²) in [5, 5.41) is 1.02. The maximum absolute atomic E-state index is 11.6. The highest BCUT2D eigenvalue weighted by Gasteiger charge is 2.31. The third kappa shape index (κ3) is 3.26. The fourth-order valence-electron chi connectivity index (χ4n) is 3.87. The molecular weight excluding hydrogens is 356 g/mol. The number of carbonyl (C=O) groups is 1. The van der Waals surface area contributed by atoms with Crippen LogP contribution in [0.2, 0.25) is 0 Å². The van der Waals surface area contributed by atoms with Crippen molar-refractivity contribution in [3.63, 3.8) is 0 Å². The predicted octanol–water partition coefficient (Wildman–Crippen LogP) is 2.49. The molecule has 1 aliphatic heterocycles. The number of esters is 1. The Bertz CT molecular complexity index is 970. The van der Waals surface area contributed by atoms with Gasteiger partial charge in [0.1, 0.15) is 23.6 Å². The van der Waals surface area contributed by atoms with Crippen molar-refractivity contribution in [2.24, 2.45) is 5.92 Å². The van der Waals surface area contributed by atoms with E-state index in [1.807, 2.05) is 18.3 Å². The van der Waals surface area contributed by atoms with E-state index in [1.165, 1.54) is 7.11 Å². The number of hydrogen-bond donors (Lipinski definition) is 1. The molecule has 4 heterocycles. The summed E-state index contributed by atoms with van der Waals surface area (Å²) in [6, 6.07) is 5.94. The average Bonchev–Trinajstić information content (AvgIpc) is 3.22. The highest BCUT2D eigenvalue weighted by atomic mass is 16.5. The van der Waals surface area contributed by atoms with E-state index in [0.29, 0.717) is 11.5 Å². The molecule has 146 valence electrons. The molecule has 0 aromatic carbocycles. The number of anilines is 2. The Kier molecular flexibility index (Phi) is 4.85. The van der Waals surface area contributed by atoms with Gasteiger partial charge in [-0.3, -0.25) is 0 Å². The summed E-state index contributed by atoms with van der Waals surface area (Å²) in [6.07, 6.45) is 6.12. The van der Waals surface area contributed by atoms with Crippen molar-refractivity contribution < 1.29 is 9.53 Å². The lowest BCUT2D eigenvalue weighted by molar-refractivity contribution is 0.0600. The van der Waals surface area contributed by atoms with Gasteiger partial charge in [-0.15, -0.1) is 0 Å². The van der Waals surface area contributed by atoms with Crippen molar-refractivity contribution in [3.8, 4) is 0 Å². The molecule has 0 amide bonds. The lowest BCUT2D eigenvalue weighted by atomic mass is 9.92. The van der Waals surface area contributed by atoms with Gasteiger partial charge in [-0.1, -0.05) is 6.92 Å². The molecule has 1 fully saturated rings. The third-order valence-corrected chi connectivity index (χ3v) is 5.58. The van der Waals surface area contributed by atoms with E-state index in [1.54, 1.807) is 18.6 Å². The first-order valence-electron chi connectivity index (χ1n) is 9.38. The van der Waals surface area contributed by atoms with E-state index >= 15 is 0 Å². The maximum atomic E-state index is 11.6. The summed E-state index contributed by atoms with van der Waals surface area (Å²) >= 11 is 0. The minimum Gasteiger partial charge on any atom is -0.465 e. The number of aromatic nitrogens is 4. The number of rotatable bonds is 4. The molecule has 8 heteroatoms. The Balaban J connectivity index is 1.56. The number of nitrogens with one attached hydrogen (secondary N) is 1. The average molecular weight is 380 g/mol. The van der Waals surface area contributed by atoms with Crippen LogP contribution in [0.25, 0.3) is 11.0 Å². The lowest BCUT2D eigenvalue weighted by Crippen LogP contribution is -2.51. The van der Waals surface area contributed by atoms with Gasteiger partial charge in [0.15, 0.2) is 0 Å². The van der Waals surface area contributed by atoms with Gasteiger partial charge in [-0.05, 0) is 30.5 Å². The number of ether oxygens (including phenoxy) is 1. The quantitative estimate of drug-likeness (QED) is 0.696. The van der Waals surface area contributed by atoms with Crippen LogP contribution in [0, 0.1) is 5.92 Å². The molecule has 0 aliphatic carbocycles. The smallest absolute Gasteiger partial charge is 0.339 e. The number of H-pyrrole nitrogens is 1. The highest BCUT2D eigenvalue weighted by molar-refractivity contribution is 5.89. The van der Waals surface area contributed by atoms with Crippen LogP contribution in [0.5, 0.6) is 0 Å². The van der Waals surface area contributed by atoms with Gasteiger partial charge in [-0.25, -0.2) is 19.7 Å². The second-order valence-corrected chi connectivity index (χ2v) is 7.22. The number of methoxy groups -OCH3 is 1. The van der Waals surface area contributed by atoms with Crippen LogP contribution in [0.4, 0.5) is 11.6 Å². The molecule has 3 aromatic rings. The first-order valence-corrected chi connectivity index (χ1v) is 9.38. The number of carbonyl (C=O) groups excluding carboxylic acids is 1. The zero-order chi connectivity index (χ0) is 19.7. The molecule has 0 spiro atoms. The van der Waals surface area contributed by atoms with Crippen LogP contribution in [0.15, 0.2) is 36.9 Å². The molecule has 3 aromatic heterocycles. The van der Waals surface area contributed by atoms with Crippen LogP contribution in [0.3, 0.4) is 0 Å². The third-order valence-electron chi connectivity index (χ3n) is 5.58. The monoisotopic (exact) mass is 380 g/mol. The van der Waals surface area contributed by atoms with E-state index in [4.69, 9.17) is 4.74 Å². The zero-order valence-corrected chi connectivity index (χ0v) is 16.3. The fourth-order valence-corrected chi connectivity index (χ4v) is 3.87. The molecule has 2 atom stereocenters. The number of hydrogen-bond acceptors (Lipinski definition) is 7. The molecule has 0 radical (unpaired) electrons. The van der Waals surface area contributed by atoms with Gasteiger partial charge >= 0.3 is 5.97 Å². The molecule has 1 aliphatic rings. The lowest BCUT2D eigenvalue weighted by Gasteiger charge is -2.42. The number of likely N-dealkylation sites (N-methyl/N-ethyl adjacent to an activating group) is 1. The van der Waals surface area contributed by atoms with Crippen molar-refractivity contribution in [2.75, 3.05) is 37.0 Å². The Labute approximate surface area is 163 Å². The molecule has 1 N–H and O–H groups in total. The van der Waals surface area contributed by atoms with Crippen molar-refractivity contribution in [3.05, 3.63) is 42.5 Å². The largest absolute Gasteiger partial charge is 0.465 e. The highest BCUT2D eigenvalue weighted by Crippen LogP contribution is 2.30. The van der Waals surface area contributed by atoms with Crippen LogP contribution in [0.1, 0.15) is 23.7 Å². The van der Waals surface area contributed by atoms with Crippen LogP contribution >= 0.6 is 0 Å². The van der Waals surface area contributed by atoms with E-state index in [9.17, 15) is 4.79 Å². The topological polar surface area (TPSA) is 87.2 Å². The van der Waals surface area contributed by atoms with Gasteiger partial charge < -0.3 is 19.5 Å². The molecule has 1 saturated heterocycles. The Morgan fingerprint density at radius 1 is 1.29 bits per heavy atom. The van der Waals surface area contributed by atoms with E-state index in [2.05, 4.69) is 43.7 Å². The number of aromatic amines is 1. The van der Waals surface area contributed by atoms with E-state index in [0.717, 1.165) is 42.2 Å². The van der Waals surface area contributed by atoms with E-state index in [-0.39, 0.29) is 12.0 Å². The Morgan fingerprint density at radius 3 is 2.89 bits per heavy atom. The molecule has 2 unspecified atom stereocenters. The molecule has 8 nitrogen and oxygen atoms in total. The summed E-state index contributed by atoms with van der Waals surface area (Å²) < 4.78 is 4.75. The first-order chi connectivity index (χ1) is 13.6. The summed E-state index contributed by atoms with van der Waals surface area (Å²) in [6.45, 7) is 4.04. The van der Waals surface area contributed by atoms with Crippen molar-refractivity contribution in [1.82, 2.24) is 19.9 Å². The van der Waals surface area contributed by atoms with Gasteiger partial charge in [-0.2, -0.15) is 0 Å². The van der Waals surface area contributed by atoms with Crippen molar-refractivity contribution in [2.45, 2.75) is 19.4 Å². The van der Waals surface area contributed by atoms with E-state index < -0.39 is 0 Å². The number of nitrogens with zero attached hydrogens (tertiary/aromatic N) is 5. The number of fused-ring (bicyclic) bond motifs is 1. The predicted molar refractivity (Wildman–Crippen MR) is 108 cm³/mol. The van der Waals surface area contributed by atoms with Crippen LogP contribution < -0.4 is 9.80 Å². The summed E-state index contributed by atoms with van der Waals surface area (Å²) in [7, 11) is 3.46. The standard InChI is InChI=1S/C20H24N6O2/c1-13-7-9-26(17-5-4-14(10-22-17)20(27)28-3)11-16(13)25(2)19-15-6-8-21-18(15)23-12-24-19/h4-6,8,10,12-13,16H,7,9,11H2,1-3H3,(H,21,23,24). The van der Waals surface area contributed by atoms with Gasteiger partial charge in [0.2, 0.25) is 0 Å². The minimum atomic E-state index is -0.372.